The summed E-state index contributed by atoms with van der Waals surface area (Å²) in [6.45, 7) is 5.92. The van der Waals surface area contributed by atoms with Gasteiger partial charge in [0.1, 0.15) is 6.10 Å². The van der Waals surface area contributed by atoms with E-state index in [1.54, 1.807) is 17.6 Å². The molecule has 2 aromatic heterocycles. The Hall–Kier alpha value is -3.93. The number of hydrogen-bond donors (Lipinski definition) is 2. The quantitative estimate of drug-likeness (QED) is 0.360. The van der Waals surface area contributed by atoms with Crippen LogP contribution in [0.3, 0.4) is 0 Å². The fourth-order valence-electron chi connectivity index (χ4n) is 4.93. The predicted molar refractivity (Wildman–Crippen MR) is 144 cm³/mol. The van der Waals surface area contributed by atoms with Crippen LogP contribution >= 0.6 is 0 Å². The molecule has 11 heteroatoms. The third-order valence-electron chi connectivity index (χ3n) is 7.06. The van der Waals surface area contributed by atoms with Crippen LogP contribution in [0.4, 0.5) is 5.69 Å². The van der Waals surface area contributed by atoms with E-state index in [2.05, 4.69) is 9.88 Å². The number of nitrogens with zero attached hydrogens (tertiary/aromatic N) is 5. The van der Waals surface area contributed by atoms with E-state index in [0.717, 1.165) is 30.0 Å². The van der Waals surface area contributed by atoms with E-state index < -0.39 is 13.0 Å². The van der Waals surface area contributed by atoms with E-state index in [9.17, 15) is 14.9 Å². The number of rotatable bonds is 7. The Balaban J connectivity index is 1.47. The zero-order valence-corrected chi connectivity index (χ0v) is 21.0. The number of carboxylic acids is 1. The number of fused-ring (bicyclic) bond motifs is 1. The third-order valence-corrected chi connectivity index (χ3v) is 7.06. The molecule has 2 fully saturated rings. The molecule has 6 rings (SSSR count). The molecular formula is C27H28BN5O5. The van der Waals surface area contributed by atoms with Crippen LogP contribution in [0.15, 0.2) is 60.7 Å². The first-order valence-corrected chi connectivity index (χ1v) is 12.7. The first kappa shape index (κ1) is 24.4. The van der Waals surface area contributed by atoms with E-state index in [1.807, 2.05) is 59.4 Å². The van der Waals surface area contributed by atoms with Crippen molar-refractivity contribution in [1.82, 2.24) is 19.6 Å². The lowest BCUT2D eigenvalue weighted by atomic mass is 9.81. The second-order valence-corrected chi connectivity index (χ2v) is 9.58. The number of aromatic carboxylic acids is 1. The number of carbonyl (C=O) groups is 1. The molecule has 2 aliphatic rings. The summed E-state index contributed by atoms with van der Waals surface area (Å²) in [5.74, 6) is -0.733. The van der Waals surface area contributed by atoms with E-state index in [0.29, 0.717) is 48.8 Å². The fraction of sp³-hybridized carbons (Fsp3) is 0.296. The summed E-state index contributed by atoms with van der Waals surface area (Å²) in [6.07, 6.45) is -0.150. The molecule has 0 saturated carbocycles. The van der Waals surface area contributed by atoms with Gasteiger partial charge < -0.3 is 29.3 Å². The summed E-state index contributed by atoms with van der Waals surface area (Å²) in [4.78, 5) is 20.8. The lowest BCUT2D eigenvalue weighted by Gasteiger charge is -2.39. The molecule has 10 nitrogen and oxygen atoms in total. The molecule has 2 saturated heterocycles. The second kappa shape index (κ2) is 10.1. The Morgan fingerprint density at radius 1 is 1.05 bits per heavy atom. The summed E-state index contributed by atoms with van der Waals surface area (Å²) in [7, 11) is -0.547. The Bertz CT molecular complexity index is 1450. The summed E-state index contributed by atoms with van der Waals surface area (Å²) in [5.41, 5.74) is 3.70. The minimum absolute atomic E-state index is 0.0719. The molecule has 0 radical (unpaired) electrons. The van der Waals surface area contributed by atoms with Gasteiger partial charge in [-0.1, -0.05) is 30.3 Å². The minimum atomic E-state index is -1.12. The van der Waals surface area contributed by atoms with Gasteiger partial charge in [-0.2, -0.15) is 0 Å². The molecule has 2 N–H and O–H groups in total. The highest BCUT2D eigenvalue weighted by molar-refractivity contribution is 6.45. The van der Waals surface area contributed by atoms with E-state index in [1.165, 1.54) is 0 Å². The molecule has 194 valence electrons. The molecule has 2 aliphatic heterocycles. The van der Waals surface area contributed by atoms with Gasteiger partial charge in [0.05, 0.1) is 24.3 Å². The monoisotopic (exact) mass is 513 g/mol. The van der Waals surface area contributed by atoms with Crippen molar-refractivity contribution in [3.63, 3.8) is 0 Å². The smallest absolute Gasteiger partial charge is 0.376 e. The number of carboxylic acid groups (broad SMARTS) is 1. The number of para-hydroxylation sites is 1. The maximum Gasteiger partial charge on any atom is 0.376 e. The number of ether oxygens (including phenoxy) is 2. The first-order chi connectivity index (χ1) is 18.5. The van der Waals surface area contributed by atoms with Crippen molar-refractivity contribution in [3.05, 3.63) is 66.4 Å². The molecule has 2 aromatic carbocycles. The third kappa shape index (κ3) is 4.60. The van der Waals surface area contributed by atoms with Gasteiger partial charge in [0, 0.05) is 37.4 Å². The number of aromatic nitrogens is 3. The molecule has 38 heavy (non-hydrogen) atoms. The Morgan fingerprint density at radius 2 is 1.76 bits per heavy atom. The lowest BCUT2D eigenvalue weighted by molar-refractivity contribution is 0.0611. The molecule has 0 aliphatic carbocycles. The maximum atomic E-state index is 12.1. The number of hydrogen-bond acceptors (Lipinski definition) is 8. The topological polar surface area (TPSA) is 113 Å². The van der Waals surface area contributed by atoms with Crippen LogP contribution < -0.4 is 9.64 Å². The van der Waals surface area contributed by atoms with Crippen molar-refractivity contribution >= 4 is 29.7 Å². The lowest BCUT2D eigenvalue weighted by Crippen LogP contribution is -2.59. The van der Waals surface area contributed by atoms with Crippen LogP contribution in [-0.2, 0) is 4.74 Å². The Labute approximate surface area is 220 Å². The van der Waals surface area contributed by atoms with Gasteiger partial charge in [-0.25, -0.2) is 14.5 Å². The van der Waals surface area contributed by atoms with Crippen LogP contribution in [0.1, 0.15) is 10.5 Å². The highest BCUT2D eigenvalue weighted by Crippen LogP contribution is 2.38. The number of morpholine rings is 1. The summed E-state index contributed by atoms with van der Waals surface area (Å²) >= 11 is 0. The van der Waals surface area contributed by atoms with E-state index >= 15 is 0 Å². The Morgan fingerprint density at radius 3 is 2.42 bits per heavy atom. The van der Waals surface area contributed by atoms with Gasteiger partial charge in [-0.05, 0) is 42.7 Å². The molecular weight excluding hydrogens is 485 g/mol. The summed E-state index contributed by atoms with van der Waals surface area (Å²) in [6, 6.07) is 19.1. The number of benzene rings is 2. The van der Waals surface area contributed by atoms with Crippen LogP contribution in [0.5, 0.6) is 5.88 Å². The second-order valence-electron chi connectivity index (χ2n) is 9.58. The average Bonchev–Trinajstić information content (AvgIpc) is 3.29. The molecule has 0 amide bonds. The molecule has 4 aromatic rings. The van der Waals surface area contributed by atoms with Crippen molar-refractivity contribution in [1.29, 1.82) is 0 Å². The molecule has 0 bridgehead atoms. The highest BCUT2D eigenvalue weighted by atomic mass is 16.5. The standard InChI is InChI=1S/C27H28BN5O5/c1-28(36)32-16-21(17-32)38-26-24-22(18-7-9-19(10-8-18)31-11-13-37-14-12-31)15-23(27(34)35)29-25(24)33(30-26)20-5-3-2-4-6-20/h2-10,15,21,36H,11-14,16-17H2,1H3,(H,34,35). The van der Waals surface area contributed by atoms with Gasteiger partial charge >= 0.3 is 13.0 Å². The number of anilines is 1. The fourth-order valence-corrected chi connectivity index (χ4v) is 4.93. The summed E-state index contributed by atoms with van der Waals surface area (Å²) in [5, 5.41) is 25.2. The van der Waals surface area contributed by atoms with Gasteiger partial charge in [-0.15, -0.1) is 5.10 Å². The van der Waals surface area contributed by atoms with Gasteiger partial charge in [0.25, 0.3) is 0 Å². The van der Waals surface area contributed by atoms with Crippen LogP contribution in [0, 0.1) is 0 Å². The van der Waals surface area contributed by atoms with Crippen molar-refractivity contribution in [2.24, 2.45) is 0 Å². The van der Waals surface area contributed by atoms with Gasteiger partial charge in [-0.3, -0.25) is 0 Å². The van der Waals surface area contributed by atoms with E-state index in [-0.39, 0.29) is 11.8 Å². The zero-order chi connectivity index (χ0) is 26.2. The number of pyridine rings is 1. The van der Waals surface area contributed by atoms with Crippen molar-refractivity contribution in [2.45, 2.75) is 12.9 Å². The van der Waals surface area contributed by atoms with Gasteiger partial charge in [0.15, 0.2) is 11.3 Å². The van der Waals surface area contributed by atoms with E-state index in [4.69, 9.17) is 14.6 Å². The van der Waals surface area contributed by atoms with Crippen LogP contribution in [0.25, 0.3) is 27.8 Å². The largest absolute Gasteiger partial charge is 0.477 e. The Kier molecular flexibility index (Phi) is 6.48. The molecule has 0 unspecified atom stereocenters. The minimum Gasteiger partial charge on any atom is -0.477 e. The SMILES string of the molecule is CB(O)N1CC(Oc2nn(-c3ccccc3)c3nc(C(=O)O)cc(-c4ccc(N5CCOCC5)cc4)c23)C1. The molecule has 0 atom stereocenters. The van der Waals surface area contributed by atoms with Crippen molar-refractivity contribution in [3.8, 4) is 22.7 Å². The zero-order valence-electron chi connectivity index (χ0n) is 21.0. The first-order valence-electron chi connectivity index (χ1n) is 12.7. The normalized spacial score (nSPS) is 16.4. The summed E-state index contributed by atoms with van der Waals surface area (Å²) < 4.78 is 13.4. The van der Waals surface area contributed by atoms with Crippen LogP contribution in [0.2, 0.25) is 6.82 Å². The molecule has 0 spiro atoms. The van der Waals surface area contributed by atoms with Crippen molar-refractivity contribution in [2.75, 3.05) is 44.3 Å². The van der Waals surface area contributed by atoms with Crippen LogP contribution in [-0.4, -0.2) is 88.2 Å². The van der Waals surface area contributed by atoms with Crippen molar-refractivity contribution < 1.29 is 24.4 Å². The maximum absolute atomic E-state index is 12.1. The average molecular weight is 513 g/mol. The highest BCUT2D eigenvalue weighted by Gasteiger charge is 2.35. The van der Waals surface area contributed by atoms with Gasteiger partial charge in [0.2, 0.25) is 5.88 Å². The predicted octanol–water partition coefficient (Wildman–Crippen LogP) is 2.80. The molecule has 4 heterocycles.